The average Bonchev–Trinajstić information content (AvgIpc) is 2.96. The third-order valence-electron chi connectivity index (χ3n) is 3.79. The van der Waals surface area contributed by atoms with E-state index >= 15 is 0 Å². The van der Waals surface area contributed by atoms with E-state index < -0.39 is 15.6 Å². The van der Waals surface area contributed by atoms with Gasteiger partial charge in [-0.25, -0.2) is 13.1 Å². The second kappa shape index (κ2) is 6.46. The molecule has 0 atom stereocenters. The standard InChI is InChI=1S/C15H19N3O3S/c1-2-17-22(20,21)13-7-5-12(6-8-13)14(19)18-15(11-16)9-3-4-10-15/h5-8,17H,2-4,9-10H2,1H3,(H,18,19). The Morgan fingerprint density at radius 3 is 2.36 bits per heavy atom. The summed E-state index contributed by atoms with van der Waals surface area (Å²) >= 11 is 0. The lowest BCUT2D eigenvalue weighted by Crippen LogP contribution is -2.45. The van der Waals surface area contributed by atoms with Crippen LogP contribution in [-0.2, 0) is 10.0 Å². The van der Waals surface area contributed by atoms with Crippen LogP contribution in [-0.4, -0.2) is 26.4 Å². The second-order valence-electron chi connectivity index (χ2n) is 5.38. The first-order valence-corrected chi connectivity index (χ1v) is 8.74. The third-order valence-corrected chi connectivity index (χ3v) is 5.35. The number of sulfonamides is 1. The predicted octanol–water partition coefficient (Wildman–Crippen LogP) is 1.55. The smallest absolute Gasteiger partial charge is 0.252 e. The molecule has 2 N–H and O–H groups in total. The van der Waals surface area contributed by atoms with Crippen LogP contribution in [0.25, 0.3) is 0 Å². The van der Waals surface area contributed by atoms with Crippen LogP contribution in [0, 0.1) is 11.3 Å². The quantitative estimate of drug-likeness (QED) is 0.859. The lowest BCUT2D eigenvalue weighted by molar-refractivity contribution is 0.0920. The minimum absolute atomic E-state index is 0.113. The van der Waals surface area contributed by atoms with Crippen LogP contribution in [0.3, 0.4) is 0 Å². The van der Waals surface area contributed by atoms with E-state index in [1.165, 1.54) is 24.3 Å². The van der Waals surface area contributed by atoms with E-state index in [-0.39, 0.29) is 10.8 Å². The number of carbonyl (C=O) groups is 1. The number of carbonyl (C=O) groups excluding carboxylic acids is 1. The Morgan fingerprint density at radius 2 is 1.86 bits per heavy atom. The van der Waals surface area contributed by atoms with Crippen molar-refractivity contribution in [2.45, 2.75) is 43.0 Å². The molecule has 1 aromatic rings. The number of nitrogens with zero attached hydrogens (tertiary/aromatic N) is 1. The molecule has 0 saturated heterocycles. The van der Waals surface area contributed by atoms with Crippen molar-refractivity contribution in [3.05, 3.63) is 29.8 Å². The largest absolute Gasteiger partial charge is 0.334 e. The van der Waals surface area contributed by atoms with Crippen molar-refractivity contribution in [3.8, 4) is 6.07 Å². The first-order chi connectivity index (χ1) is 10.4. The highest BCUT2D eigenvalue weighted by molar-refractivity contribution is 7.89. The van der Waals surface area contributed by atoms with E-state index in [0.717, 1.165) is 12.8 Å². The van der Waals surface area contributed by atoms with Crippen LogP contribution in [0.15, 0.2) is 29.2 Å². The van der Waals surface area contributed by atoms with Gasteiger partial charge in [0.15, 0.2) is 0 Å². The lowest BCUT2D eigenvalue weighted by atomic mass is 9.99. The van der Waals surface area contributed by atoms with Gasteiger partial charge < -0.3 is 5.32 Å². The Balaban J connectivity index is 2.14. The number of benzene rings is 1. The van der Waals surface area contributed by atoms with Crippen LogP contribution in [0.4, 0.5) is 0 Å². The van der Waals surface area contributed by atoms with Crippen molar-refractivity contribution >= 4 is 15.9 Å². The van der Waals surface area contributed by atoms with Crippen LogP contribution in [0.5, 0.6) is 0 Å². The molecular weight excluding hydrogens is 302 g/mol. The summed E-state index contributed by atoms with van der Waals surface area (Å²) in [6.45, 7) is 2.00. The summed E-state index contributed by atoms with van der Waals surface area (Å²) < 4.78 is 26.1. The molecule has 0 unspecified atom stereocenters. The van der Waals surface area contributed by atoms with Gasteiger partial charge in [0.2, 0.25) is 10.0 Å². The van der Waals surface area contributed by atoms with Gasteiger partial charge in [-0.05, 0) is 49.9 Å². The van der Waals surface area contributed by atoms with Crippen LogP contribution in [0.1, 0.15) is 43.0 Å². The number of hydrogen-bond acceptors (Lipinski definition) is 4. The summed E-state index contributed by atoms with van der Waals surface area (Å²) in [7, 11) is -3.53. The van der Waals surface area contributed by atoms with E-state index in [0.29, 0.717) is 24.9 Å². The lowest BCUT2D eigenvalue weighted by Gasteiger charge is -2.22. The van der Waals surface area contributed by atoms with Crippen molar-refractivity contribution in [1.29, 1.82) is 5.26 Å². The zero-order chi connectivity index (χ0) is 16.2. The number of hydrogen-bond donors (Lipinski definition) is 2. The molecule has 0 aromatic heterocycles. The average molecular weight is 321 g/mol. The van der Waals surface area contributed by atoms with Gasteiger partial charge >= 0.3 is 0 Å². The second-order valence-corrected chi connectivity index (χ2v) is 7.15. The summed E-state index contributed by atoms with van der Waals surface area (Å²) in [6.07, 6.45) is 3.16. The molecule has 1 saturated carbocycles. The Labute approximate surface area is 130 Å². The molecule has 1 aliphatic carbocycles. The summed E-state index contributed by atoms with van der Waals surface area (Å²) in [5, 5.41) is 12.0. The molecule has 118 valence electrons. The molecule has 1 amide bonds. The molecule has 2 rings (SSSR count). The molecule has 0 radical (unpaired) electrons. The monoisotopic (exact) mass is 321 g/mol. The summed E-state index contributed by atoms with van der Waals surface area (Å²) in [6, 6.07) is 7.89. The molecule has 0 spiro atoms. The maximum atomic E-state index is 12.2. The fraction of sp³-hybridized carbons (Fsp3) is 0.467. The first kappa shape index (κ1) is 16.5. The Hall–Kier alpha value is -1.91. The van der Waals surface area contributed by atoms with Crippen LogP contribution < -0.4 is 10.0 Å². The van der Waals surface area contributed by atoms with Crippen molar-refractivity contribution in [1.82, 2.24) is 10.0 Å². The minimum Gasteiger partial charge on any atom is -0.334 e. The van der Waals surface area contributed by atoms with Crippen LogP contribution in [0.2, 0.25) is 0 Å². The van der Waals surface area contributed by atoms with E-state index in [1.54, 1.807) is 6.92 Å². The highest BCUT2D eigenvalue weighted by Gasteiger charge is 2.35. The van der Waals surface area contributed by atoms with Gasteiger partial charge in [-0.2, -0.15) is 5.26 Å². The first-order valence-electron chi connectivity index (χ1n) is 7.26. The van der Waals surface area contributed by atoms with Gasteiger partial charge in [0.05, 0.1) is 11.0 Å². The van der Waals surface area contributed by atoms with E-state index in [4.69, 9.17) is 0 Å². The van der Waals surface area contributed by atoms with Crippen molar-refractivity contribution in [2.75, 3.05) is 6.54 Å². The molecule has 1 aromatic carbocycles. The highest BCUT2D eigenvalue weighted by Crippen LogP contribution is 2.29. The zero-order valence-corrected chi connectivity index (χ0v) is 13.2. The van der Waals surface area contributed by atoms with Crippen molar-refractivity contribution < 1.29 is 13.2 Å². The predicted molar refractivity (Wildman–Crippen MR) is 81.6 cm³/mol. The maximum absolute atomic E-state index is 12.2. The topological polar surface area (TPSA) is 99.1 Å². The van der Waals surface area contributed by atoms with Crippen molar-refractivity contribution in [2.24, 2.45) is 0 Å². The van der Waals surface area contributed by atoms with Crippen molar-refractivity contribution in [3.63, 3.8) is 0 Å². The van der Waals surface area contributed by atoms with E-state index in [9.17, 15) is 18.5 Å². The Bertz CT molecular complexity index is 684. The zero-order valence-electron chi connectivity index (χ0n) is 12.4. The number of nitriles is 1. The van der Waals surface area contributed by atoms with Crippen LogP contribution >= 0.6 is 0 Å². The molecule has 0 bridgehead atoms. The fourth-order valence-corrected chi connectivity index (χ4v) is 3.63. The number of amides is 1. The van der Waals surface area contributed by atoms with E-state index in [1.807, 2.05) is 0 Å². The molecule has 1 aliphatic rings. The van der Waals surface area contributed by atoms with E-state index in [2.05, 4.69) is 16.1 Å². The summed E-state index contributed by atoms with van der Waals surface area (Å²) in [5.74, 6) is -0.351. The number of rotatable bonds is 5. The Morgan fingerprint density at radius 1 is 1.27 bits per heavy atom. The van der Waals surface area contributed by atoms with Gasteiger partial charge in [0.25, 0.3) is 5.91 Å². The molecular formula is C15H19N3O3S. The normalized spacial score (nSPS) is 16.9. The minimum atomic E-state index is -3.53. The highest BCUT2D eigenvalue weighted by atomic mass is 32.2. The molecule has 6 nitrogen and oxygen atoms in total. The molecule has 0 heterocycles. The molecule has 22 heavy (non-hydrogen) atoms. The van der Waals surface area contributed by atoms with Gasteiger partial charge in [-0.3, -0.25) is 4.79 Å². The van der Waals surface area contributed by atoms with Gasteiger partial charge in [-0.1, -0.05) is 6.92 Å². The van der Waals surface area contributed by atoms with Gasteiger partial charge in [0, 0.05) is 12.1 Å². The molecule has 7 heteroatoms. The van der Waals surface area contributed by atoms with Gasteiger partial charge in [0.1, 0.15) is 5.54 Å². The third kappa shape index (κ3) is 3.46. The summed E-state index contributed by atoms with van der Waals surface area (Å²) in [5.41, 5.74) is -0.442. The summed E-state index contributed by atoms with van der Waals surface area (Å²) in [4.78, 5) is 12.3. The maximum Gasteiger partial charge on any atom is 0.252 e. The number of nitrogens with one attached hydrogen (secondary N) is 2. The molecule has 1 fully saturated rings. The molecule has 0 aliphatic heterocycles. The Kier molecular flexibility index (Phi) is 4.84. The van der Waals surface area contributed by atoms with Gasteiger partial charge in [-0.15, -0.1) is 0 Å². The fourth-order valence-electron chi connectivity index (χ4n) is 2.59. The SMILES string of the molecule is CCNS(=O)(=O)c1ccc(C(=O)NC2(C#N)CCCC2)cc1.